The molecule has 6 nitrogen and oxygen atoms in total. The van der Waals surface area contributed by atoms with E-state index in [0.29, 0.717) is 24.4 Å². The predicted molar refractivity (Wildman–Crippen MR) is 84.2 cm³/mol. The molecule has 1 aliphatic carbocycles. The van der Waals surface area contributed by atoms with Gasteiger partial charge < -0.3 is 19.6 Å². The molecular formula is C16H14BrNO5. The number of ether oxygens (including phenoxy) is 1. The molecule has 2 aromatic rings. The van der Waals surface area contributed by atoms with Gasteiger partial charge in [0.25, 0.3) is 5.91 Å². The van der Waals surface area contributed by atoms with Gasteiger partial charge in [0, 0.05) is 4.47 Å². The van der Waals surface area contributed by atoms with Crippen LogP contribution in [-0.4, -0.2) is 22.5 Å². The Balaban J connectivity index is 1.59. The van der Waals surface area contributed by atoms with Crippen molar-refractivity contribution in [3.8, 4) is 5.75 Å². The van der Waals surface area contributed by atoms with Gasteiger partial charge >= 0.3 is 5.97 Å². The van der Waals surface area contributed by atoms with E-state index in [4.69, 9.17) is 14.3 Å². The van der Waals surface area contributed by atoms with Crippen molar-refractivity contribution in [2.24, 2.45) is 0 Å². The maximum atomic E-state index is 12.0. The van der Waals surface area contributed by atoms with Crippen molar-refractivity contribution in [2.75, 3.05) is 0 Å². The Bertz CT molecular complexity index is 750. The minimum absolute atomic E-state index is 0.0744. The fraction of sp³-hybridized carbons (Fsp3) is 0.250. The fourth-order valence-electron chi connectivity index (χ4n) is 2.09. The number of carbonyl (C=O) groups excluding carboxylic acids is 1. The molecule has 1 heterocycles. The molecule has 1 aromatic carbocycles. The average molecular weight is 380 g/mol. The van der Waals surface area contributed by atoms with E-state index in [-0.39, 0.29) is 12.4 Å². The molecule has 7 heteroatoms. The highest BCUT2D eigenvalue weighted by Gasteiger charge is 2.52. The molecule has 0 aliphatic heterocycles. The first-order valence-electron chi connectivity index (χ1n) is 7.01. The highest BCUT2D eigenvalue weighted by atomic mass is 79.9. The molecule has 0 radical (unpaired) electrons. The second-order valence-electron chi connectivity index (χ2n) is 5.35. The van der Waals surface area contributed by atoms with Crippen LogP contribution in [0.25, 0.3) is 0 Å². The van der Waals surface area contributed by atoms with Crippen LogP contribution >= 0.6 is 15.9 Å². The minimum atomic E-state index is -1.13. The van der Waals surface area contributed by atoms with Gasteiger partial charge in [-0.2, -0.15) is 0 Å². The van der Waals surface area contributed by atoms with Crippen LogP contribution in [0.5, 0.6) is 5.75 Å². The van der Waals surface area contributed by atoms with Crippen molar-refractivity contribution in [3.05, 3.63) is 52.4 Å². The average Bonchev–Trinajstić information content (AvgIpc) is 3.14. The lowest BCUT2D eigenvalue weighted by Gasteiger charge is -2.10. The molecule has 0 unspecified atom stereocenters. The second kappa shape index (κ2) is 6.08. The summed E-state index contributed by atoms with van der Waals surface area (Å²) < 4.78 is 11.9. The van der Waals surface area contributed by atoms with Crippen molar-refractivity contribution in [3.63, 3.8) is 0 Å². The number of carbonyl (C=O) groups is 2. The van der Waals surface area contributed by atoms with Crippen LogP contribution in [0.4, 0.5) is 0 Å². The Morgan fingerprint density at radius 3 is 2.74 bits per heavy atom. The van der Waals surface area contributed by atoms with Crippen molar-refractivity contribution in [1.82, 2.24) is 5.32 Å². The van der Waals surface area contributed by atoms with Gasteiger partial charge in [0.1, 0.15) is 23.7 Å². The number of carboxylic acid groups (broad SMARTS) is 1. The van der Waals surface area contributed by atoms with Crippen LogP contribution in [-0.2, 0) is 11.4 Å². The van der Waals surface area contributed by atoms with Crippen molar-refractivity contribution < 1.29 is 23.8 Å². The number of carboxylic acids is 1. The Labute approximate surface area is 140 Å². The van der Waals surface area contributed by atoms with E-state index in [1.807, 2.05) is 24.3 Å². The monoisotopic (exact) mass is 379 g/mol. The van der Waals surface area contributed by atoms with Gasteiger partial charge in [0.15, 0.2) is 5.76 Å². The van der Waals surface area contributed by atoms with Gasteiger partial charge in [0.05, 0.1) is 0 Å². The van der Waals surface area contributed by atoms with Gasteiger partial charge in [-0.25, -0.2) is 4.79 Å². The summed E-state index contributed by atoms with van der Waals surface area (Å²) in [4.78, 5) is 23.1. The van der Waals surface area contributed by atoms with Crippen LogP contribution in [0.1, 0.15) is 29.2 Å². The summed E-state index contributed by atoms with van der Waals surface area (Å²) in [7, 11) is 0. The Hall–Kier alpha value is -2.28. The van der Waals surface area contributed by atoms with Crippen LogP contribution in [0, 0.1) is 0 Å². The summed E-state index contributed by atoms with van der Waals surface area (Å²) in [5.74, 6) is -0.320. The van der Waals surface area contributed by atoms with E-state index in [9.17, 15) is 9.59 Å². The second-order valence-corrected chi connectivity index (χ2v) is 6.27. The zero-order valence-electron chi connectivity index (χ0n) is 12.0. The summed E-state index contributed by atoms with van der Waals surface area (Å²) >= 11 is 3.35. The molecule has 1 aromatic heterocycles. The predicted octanol–water partition coefficient (Wildman–Crippen LogP) is 2.97. The molecular weight excluding hydrogens is 366 g/mol. The van der Waals surface area contributed by atoms with Crippen molar-refractivity contribution in [1.29, 1.82) is 0 Å². The topological polar surface area (TPSA) is 88.8 Å². The number of hydrogen-bond donors (Lipinski definition) is 2. The van der Waals surface area contributed by atoms with E-state index in [2.05, 4.69) is 21.2 Å². The zero-order valence-corrected chi connectivity index (χ0v) is 13.6. The standard InChI is InChI=1S/C16H14BrNO5/c17-10-2-1-3-11(8-10)22-9-12-4-5-13(23-12)14(19)18-16(6-7-16)15(20)21/h1-5,8H,6-7,9H2,(H,18,19)(H,20,21). The number of hydrogen-bond acceptors (Lipinski definition) is 4. The van der Waals surface area contributed by atoms with E-state index in [1.165, 1.54) is 6.07 Å². The third kappa shape index (κ3) is 3.56. The molecule has 0 saturated heterocycles. The maximum Gasteiger partial charge on any atom is 0.329 e. The molecule has 0 atom stereocenters. The molecule has 0 bridgehead atoms. The lowest BCUT2D eigenvalue weighted by molar-refractivity contribution is -0.140. The third-order valence-electron chi connectivity index (χ3n) is 3.57. The highest BCUT2D eigenvalue weighted by Crippen LogP contribution is 2.35. The zero-order chi connectivity index (χ0) is 16.4. The molecule has 1 fully saturated rings. The van der Waals surface area contributed by atoms with Crippen molar-refractivity contribution in [2.45, 2.75) is 25.0 Å². The molecule has 1 aliphatic rings. The summed E-state index contributed by atoms with van der Waals surface area (Å²) in [5, 5.41) is 11.6. The van der Waals surface area contributed by atoms with Gasteiger partial charge in [-0.1, -0.05) is 22.0 Å². The molecule has 1 amide bonds. The smallest absolute Gasteiger partial charge is 0.329 e. The quantitative estimate of drug-likeness (QED) is 0.805. The van der Waals surface area contributed by atoms with Gasteiger partial charge in [-0.15, -0.1) is 0 Å². The van der Waals surface area contributed by atoms with Crippen LogP contribution in [0.15, 0.2) is 45.3 Å². The normalized spacial score (nSPS) is 15.0. The molecule has 120 valence electrons. The van der Waals surface area contributed by atoms with Crippen LogP contribution in [0.3, 0.4) is 0 Å². The van der Waals surface area contributed by atoms with Crippen LogP contribution < -0.4 is 10.1 Å². The molecule has 2 N–H and O–H groups in total. The van der Waals surface area contributed by atoms with Gasteiger partial charge in [-0.3, -0.25) is 4.79 Å². The third-order valence-corrected chi connectivity index (χ3v) is 4.07. The minimum Gasteiger partial charge on any atom is -0.486 e. The number of aliphatic carboxylic acids is 1. The Morgan fingerprint density at radius 2 is 2.09 bits per heavy atom. The summed E-state index contributed by atoms with van der Waals surface area (Å²) in [6, 6.07) is 10.5. The molecule has 1 saturated carbocycles. The maximum absolute atomic E-state index is 12.0. The van der Waals surface area contributed by atoms with E-state index >= 15 is 0 Å². The SMILES string of the molecule is O=C(NC1(C(=O)O)CC1)c1ccc(COc2cccc(Br)c2)o1. The first kappa shape index (κ1) is 15.6. The van der Waals surface area contributed by atoms with Crippen molar-refractivity contribution >= 4 is 27.8 Å². The molecule has 3 rings (SSSR count). The Kier molecular flexibility index (Phi) is 4.12. The van der Waals surface area contributed by atoms with Crippen LogP contribution in [0.2, 0.25) is 0 Å². The summed E-state index contributed by atoms with van der Waals surface area (Å²) in [6.45, 7) is 0.174. The highest BCUT2D eigenvalue weighted by molar-refractivity contribution is 9.10. The number of rotatable bonds is 6. The fourth-order valence-corrected chi connectivity index (χ4v) is 2.46. The molecule has 23 heavy (non-hydrogen) atoms. The number of nitrogens with one attached hydrogen (secondary N) is 1. The largest absolute Gasteiger partial charge is 0.486 e. The molecule has 0 spiro atoms. The Morgan fingerprint density at radius 1 is 1.30 bits per heavy atom. The number of halogens is 1. The van der Waals surface area contributed by atoms with E-state index in [1.54, 1.807) is 6.07 Å². The lowest BCUT2D eigenvalue weighted by atomic mass is 10.2. The first-order valence-corrected chi connectivity index (χ1v) is 7.81. The van der Waals surface area contributed by atoms with Gasteiger partial charge in [-0.05, 0) is 43.2 Å². The van der Waals surface area contributed by atoms with Gasteiger partial charge in [0.2, 0.25) is 0 Å². The van der Waals surface area contributed by atoms with E-state index < -0.39 is 17.4 Å². The lowest BCUT2D eigenvalue weighted by Crippen LogP contribution is -2.42. The van der Waals surface area contributed by atoms with E-state index in [0.717, 1.165) is 4.47 Å². The summed E-state index contributed by atoms with van der Waals surface area (Å²) in [6.07, 6.45) is 0.876. The number of amides is 1. The number of furan rings is 1. The summed E-state index contributed by atoms with van der Waals surface area (Å²) in [5.41, 5.74) is -1.13. The first-order chi connectivity index (χ1) is 11.0. The number of benzene rings is 1.